The van der Waals surface area contributed by atoms with E-state index in [9.17, 15) is 16.8 Å². The van der Waals surface area contributed by atoms with E-state index in [0.29, 0.717) is 0 Å². The van der Waals surface area contributed by atoms with Crippen molar-refractivity contribution in [2.45, 2.75) is 24.7 Å². The summed E-state index contributed by atoms with van der Waals surface area (Å²) in [7, 11) is -7.35. The number of primary sulfonamides is 1. The monoisotopic (exact) mass is 306 g/mol. The van der Waals surface area contributed by atoms with Crippen molar-refractivity contribution in [3.63, 3.8) is 0 Å². The molecule has 0 amide bonds. The highest BCUT2D eigenvalue weighted by atomic mass is 32.2. The third kappa shape index (κ3) is 5.68. The molecule has 1 aromatic carbocycles. The van der Waals surface area contributed by atoms with Crippen LogP contribution in [0.15, 0.2) is 29.2 Å². The number of nitrogens with one attached hydrogen (secondary N) is 1. The van der Waals surface area contributed by atoms with Gasteiger partial charge in [0.05, 0.1) is 10.6 Å². The van der Waals surface area contributed by atoms with Crippen LogP contribution in [-0.4, -0.2) is 29.1 Å². The normalized spacial score (nSPS) is 12.5. The first-order chi connectivity index (χ1) is 8.74. The number of hydrogen-bond donors (Lipinski definition) is 2. The summed E-state index contributed by atoms with van der Waals surface area (Å²) in [5.41, 5.74) is 1.06. The number of nitrogens with two attached hydrogens (primary N) is 1. The van der Waals surface area contributed by atoms with E-state index in [-0.39, 0.29) is 11.4 Å². The zero-order valence-corrected chi connectivity index (χ0v) is 12.3. The minimum Gasteiger partial charge on any atom is -0.229 e. The van der Waals surface area contributed by atoms with E-state index in [1.165, 1.54) is 12.1 Å². The molecular formula is C11H18N2O4S2. The molecule has 108 valence electrons. The molecule has 0 fully saturated rings. The molecular weight excluding hydrogens is 288 g/mol. The second-order valence-corrected chi connectivity index (χ2v) is 7.66. The van der Waals surface area contributed by atoms with Crippen molar-refractivity contribution in [3.05, 3.63) is 29.8 Å². The van der Waals surface area contributed by atoms with Crippen LogP contribution in [0.3, 0.4) is 0 Å². The highest BCUT2D eigenvalue weighted by molar-refractivity contribution is 7.90. The Morgan fingerprint density at radius 3 is 2.16 bits per heavy atom. The van der Waals surface area contributed by atoms with Crippen molar-refractivity contribution in [1.29, 1.82) is 0 Å². The Labute approximate surface area is 114 Å². The Hall–Kier alpha value is -0.960. The summed E-state index contributed by atoms with van der Waals surface area (Å²) in [6.45, 7) is 1.80. The maximum Gasteiger partial charge on any atom is 0.240 e. The fourth-order valence-electron chi connectivity index (χ4n) is 1.53. The molecule has 0 saturated carbocycles. The van der Waals surface area contributed by atoms with Crippen LogP contribution in [0.5, 0.6) is 0 Å². The van der Waals surface area contributed by atoms with E-state index in [4.69, 9.17) is 5.14 Å². The predicted octanol–water partition coefficient (Wildman–Crippen LogP) is 0.206. The summed E-state index contributed by atoms with van der Waals surface area (Å²) in [4.78, 5) is 0.113. The van der Waals surface area contributed by atoms with Gasteiger partial charge in [0.15, 0.2) is 0 Å². The molecule has 0 saturated heterocycles. The molecule has 8 heteroatoms. The molecule has 0 aromatic heterocycles. The van der Waals surface area contributed by atoms with Gasteiger partial charge in [0.1, 0.15) is 0 Å². The molecule has 0 heterocycles. The van der Waals surface area contributed by atoms with Crippen LogP contribution in [0.2, 0.25) is 0 Å². The SMILES string of the molecule is CCCc1ccc(S(=O)(=O)NCCS(N)(=O)=O)cc1. The molecule has 0 aliphatic heterocycles. The molecule has 1 aromatic rings. The summed E-state index contributed by atoms with van der Waals surface area (Å²) >= 11 is 0. The van der Waals surface area contributed by atoms with Crippen LogP contribution >= 0.6 is 0 Å². The van der Waals surface area contributed by atoms with Crippen molar-refractivity contribution in [2.75, 3.05) is 12.3 Å². The number of rotatable bonds is 7. The average Bonchev–Trinajstić information content (AvgIpc) is 2.28. The third-order valence-electron chi connectivity index (χ3n) is 2.45. The summed E-state index contributed by atoms with van der Waals surface area (Å²) in [6.07, 6.45) is 1.87. The molecule has 3 N–H and O–H groups in total. The Morgan fingerprint density at radius 2 is 1.68 bits per heavy atom. The molecule has 1 rings (SSSR count). The summed E-state index contributed by atoms with van der Waals surface area (Å²) < 4.78 is 47.3. The van der Waals surface area contributed by atoms with Gasteiger partial charge in [-0.3, -0.25) is 0 Å². The van der Waals surface area contributed by atoms with E-state index < -0.39 is 25.8 Å². The van der Waals surface area contributed by atoms with Crippen LogP contribution in [-0.2, 0) is 26.5 Å². The Morgan fingerprint density at radius 1 is 1.11 bits per heavy atom. The van der Waals surface area contributed by atoms with Gasteiger partial charge in [-0.15, -0.1) is 0 Å². The van der Waals surface area contributed by atoms with Crippen LogP contribution in [0.1, 0.15) is 18.9 Å². The fraction of sp³-hybridized carbons (Fsp3) is 0.455. The van der Waals surface area contributed by atoms with E-state index in [1.807, 2.05) is 6.92 Å². The molecule has 0 aliphatic rings. The molecule has 0 aliphatic carbocycles. The number of aryl methyl sites for hydroxylation is 1. The van der Waals surface area contributed by atoms with Gasteiger partial charge >= 0.3 is 0 Å². The van der Waals surface area contributed by atoms with Crippen molar-refractivity contribution < 1.29 is 16.8 Å². The van der Waals surface area contributed by atoms with Crippen LogP contribution in [0.25, 0.3) is 0 Å². The fourth-order valence-corrected chi connectivity index (χ4v) is 3.07. The van der Waals surface area contributed by atoms with Gasteiger partial charge < -0.3 is 0 Å². The standard InChI is InChI=1S/C11H18N2O4S2/c1-2-3-10-4-6-11(7-5-10)19(16,17)13-8-9-18(12,14)15/h4-7,13H,2-3,8-9H2,1H3,(H2,12,14,15). The smallest absolute Gasteiger partial charge is 0.229 e. The van der Waals surface area contributed by atoms with Crippen molar-refractivity contribution in [3.8, 4) is 0 Å². The van der Waals surface area contributed by atoms with E-state index in [1.54, 1.807) is 12.1 Å². The lowest BCUT2D eigenvalue weighted by Gasteiger charge is -2.07. The molecule has 0 radical (unpaired) electrons. The molecule has 0 atom stereocenters. The molecule has 6 nitrogen and oxygen atoms in total. The summed E-state index contributed by atoms with van der Waals surface area (Å²) in [5, 5.41) is 4.79. The average molecular weight is 306 g/mol. The Kier molecular flexibility index (Phi) is 5.48. The molecule has 19 heavy (non-hydrogen) atoms. The van der Waals surface area contributed by atoms with Gasteiger partial charge in [0.2, 0.25) is 20.0 Å². The Bertz CT molecular complexity index is 607. The van der Waals surface area contributed by atoms with Gasteiger partial charge in [-0.2, -0.15) is 0 Å². The van der Waals surface area contributed by atoms with Crippen molar-refractivity contribution >= 4 is 20.0 Å². The lowest BCUT2D eigenvalue weighted by Crippen LogP contribution is -2.31. The first-order valence-corrected chi connectivity index (χ1v) is 9.03. The second-order valence-electron chi connectivity index (χ2n) is 4.16. The highest BCUT2D eigenvalue weighted by Crippen LogP contribution is 2.11. The lowest BCUT2D eigenvalue weighted by atomic mass is 10.1. The first-order valence-electron chi connectivity index (χ1n) is 5.83. The third-order valence-corrected chi connectivity index (χ3v) is 4.70. The van der Waals surface area contributed by atoms with Gasteiger partial charge in [0, 0.05) is 6.54 Å². The zero-order valence-electron chi connectivity index (χ0n) is 10.7. The highest BCUT2D eigenvalue weighted by Gasteiger charge is 2.14. The van der Waals surface area contributed by atoms with Gasteiger partial charge in [-0.05, 0) is 24.1 Å². The van der Waals surface area contributed by atoms with Gasteiger partial charge in [0.25, 0.3) is 0 Å². The van der Waals surface area contributed by atoms with E-state index >= 15 is 0 Å². The maximum absolute atomic E-state index is 11.8. The van der Waals surface area contributed by atoms with Crippen molar-refractivity contribution in [2.24, 2.45) is 5.14 Å². The molecule has 0 unspecified atom stereocenters. The summed E-state index contributed by atoms with van der Waals surface area (Å²) in [6, 6.07) is 6.50. The van der Waals surface area contributed by atoms with Gasteiger partial charge in [-0.25, -0.2) is 26.7 Å². The van der Waals surface area contributed by atoms with Crippen LogP contribution < -0.4 is 9.86 Å². The number of benzene rings is 1. The molecule has 0 spiro atoms. The maximum atomic E-state index is 11.8. The lowest BCUT2D eigenvalue weighted by molar-refractivity contribution is 0.581. The topological polar surface area (TPSA) is 106 Å². The minimum atomic E-state index is -3.68. The van der Waals surface area contributed by atoms with Gasteiger partial charge in [-0.1, -0.05) is 25.5 Å². The van der Waals surface area contributed by atoms with Crippen LogP contribution in [0.4, 0.5) is 0 Å². The Balaban J connectivity index is 2.72. The molecule has 0 bridgehead atoms. The first kappa shape index (κ1) is 16.1. The predicted molar refractivity (Wildman–Crippen MR) is 73.6 cm³/mol. The zero-order chi connectivity index (χ0) is 14.5. The summed E-state index contributed by atoms with van der Waals surface area (Å²) in [5.74, 6) is -0.430. The van der Waals surface area contributed by atoms with E-state index in [0.717, 1.165) is 18.4 Å². The number of sulfonamides is 2. The minimum absolute atomic E-state index is 0.113. The quantitative estimate of drug-likeness (QED) is 0.750. The second kappa shape index (κ2) is 6.47. The van der Waals surface area contributed by atoms with Crippen molar-refractivity contribution in [1.82, 2.24) is 4.72 Å². The number of hydrogen-bond acceptors (Lipinski definition) is 4. The van der Waals surface area contributed by atoms with Crippen LogP contribution in [0, 0.1) is 0 Å². The van der Waals surface area contributed by atoms with E-state index in [2.05, 4.69) is 4.72 Å². The largest absolute Gasteiger partial charge is 0.240 e.